The fourth-order valence-corrected chi connectivity index (χ4v) is 2.84. The Balaban J connectivity index is 1.56. The van der Waals surface area contributed by atoms with Gasteiger partial charge < -0.3 is 4.98 Å². The van der Waals surface area contributed by atoms with Crippen LogP contribution in [-0.2, 0) is 6.42 Å². The SMILES string of the molecule is O=C1c2ccccc2C(=O)N1CCc1nc2cc(F)c(F)cc2[nH]1. The molecule has 0 bridgehead atoms. The fourth-order valence-electron chi connectivity index (χ4n) is 2.84. The molecule has 0 aliphatic carbocycles. The minimum absolute atomic E-state index is 0.136. The maximum Gasteiger partial charge on any atom is 0.261 e. The molecular weight excluding hydrogens is 316 g/mol. The van der Waals surface area contributed by atoms with Gasteiger partial charge >= 0.3 is 0 Å². The summed E-state index contributed by atoms with van der Waals surface area (Å²) >= 11 is 0. The molecule has 7 heteroatoms. The van der Waals surface area contributed by atoms with Crippen molar-refractivity contribution >= 4 is 22.8 Å². The van der Waals surface area contributed by atoms with E-state index in [-0.39, 0.29) is 24.8 Å². The zero-order valence-corrected chi connectivity index (χ0v) is 12.3. The number of imidazole rings is 1. The number of hydrogen-bond acceptors (Lipinski definition) is 3. The molecule has 2 heterocycles. The van der Waals surface area contributed by atoms with Gasteiger partial charge in [0.1, 0.15) is 5.82 Å². The summed E-state index contributed by atoms with van der Waals surface area (Å²) in [6.45, 7) is 0.136. The molecule has 2 amide bonds. The number of H-pyrrole nitrogens is 1. The van der Waals surface area contributed by atoms with Gasteiger partial charge in [-0.25, -0.2) is 13.8 Å². The smallest absolute Gasteiger partial charge is 0.261 e. The quantitative estimate of drug-likeness (QED) is 0.752. The molecule has 5 nitrogen and oxygen atoms in total. The van der Waals surface area contributed by atoms with E-state index in [1.54, 1.807) is 24.3 Å². The van der Waals surface area contributed by atoms with Crippen LogP contribution in [0.5, 0.6) is 0 Å². The number of benzene rings is 2. The number of carbonyl (C=O) groups excluding carboxylic acids is 2. The monoisotopic (exact) mass is 327 g/mol. The minimum atomic E-state index is -0.971. The summed E-state index contributed by atoms with van der Waals surface area (Å²) in [5, 5.41) is 0. The first-order chi connectivity index (χ1) is 11.5. The summed E-state index contributed by atoms with van der Waals surface area (Å²) in [7, 11) is 0. The van der Waals surface area contributed by atoms with Crippen molar-refractivity contribution in [1.29, 1.82) is 0 Å². The first kappa shape index (κ1) is 14.5. The molecule has 1 aliphatic rings. The third-order valence-corrected chi connectivity index (χ3v) is 4.02. The number of halogens is 2. The third kappa shape index (κ3) is 2.17. The number of aromatic amines is 1. The molecule has 24 heavy (non-hydrogen) atoms. The van der Waals surface area contributed by atoms with Crippen LogP contribution in [0, 0.1) is 11.6 Å². The van der Waals surface area contributed by atoms with Gasteiger partial charge in [0, 0.05) is 25.1 Å². The van der Waals surface area contributed by atoms with Crippen molar-refractivity contribution < 1.29 is 18.4 Å². The zero-order chi connectivity index (χ0) is 16.8. The number of aromatic nitrogens is 2. The topological polar surface area (TPSA) is 66.1 Å². The summed E-state index contributed by atoms with van der Waals surface area (Å²) in [4.78, 5) is 32.7. The van der Waals surface area contributed by atoms with Crippen LogP contribution in [0.25, 0.3) is 11.0 Å². The molecule has 0 saturated carbocycles. The molecule has 0 fully saturated rings. The van der Waals surface area contributed by atoms with Crippen LogP contribution in [0.15, 0.2) is 36.4 Å². The van der Waals surface area contributed by atoms with E-state index in [0.29, 0.717) is 28.0 Å². The minimum Gasteiger partial charge on any atom is -0.342 e. The van der Waals surface area contributed by atoms with Crippen molar-refractivity contribution in [3.05, 3.63) is 65.0 Å². The normalized spacial score (nSPS) is 13.8. The van der Waals surface area contributed by atoms with E-state index >= 15 is 0 Å². The molecule has 2 aromatic carbocycles. The highest BCUT2D eigenvalue weighted by Gasteiger charge is 2.34. The van der Waals surface area contributed by atoms with Crippen molar-refractivity contribution in [2.45, 2.75) is 6.42 Å². The molecule has 1 aromatic heterocycles. The Labute approximate surface area is 134 Å². The van der Waals surface area contributed by atoms with E-state index in [1.165, 1.54) is 0 Å². The van der Waals surface area contributed by atoms with Crippen molar-refractivity contribution in [1.82, 2.24) is 14.9 Å². The lowest BCUT2D eigenvalue weighted by atomic mass is 10.1. The Kier molecular flexibility index (Phi) is 3.16. The number of rotatable bonds is 3. The second-order valence-corrected chi connectivity index (χ2v) is 5.52. The Morgan fingerprint density at radius 1 is 1.00 bits per heavy atom. The van der Waals surface area contributed by atoms with E-state index in [9.17, 15) is 18.4 Å². The maximum absolute atomic E-state index is 13.2. The highest BCUT2D eigenvalue weighted by atomic mass is 19.2. The van der Waals surface area contributed by atoms with Crippen LogP contribution in [0.3, 0.4) is 0 Å². The van der Waals surface area contributed by atoms with Crippen LogP contribution < -0.4 is 0 Å². The van der Waals surface area contributed by atoms with E-state index in [0.717, 1.165) is 17.0 Å². The van der Waals surface area contributed by atoms with Gasteiger partial charge in [0.15, 0.2) is 11.6 Å². The van der Waals surface area contributed by atoms with E-state index in [4.69, 9.17) is 0 Å². The molecule has 0 spiro atoms. The van der Waals surface area contributed by atoms with Crippen LogP contribution >= 0.6 is 0 Å². The molecule has 3 aromatic rings. The van der Waals surface area contributed by atoms with Gasteiger partial charge in [-0.1, -0.05) is 12.1 Å². The van der Waals surface area contributed by atoms with E-state index < -0.39 is 11.6 Å². The lowest BCUT2D eigenvalue weighted by molar-refractivity contribution is 0.0655. The summed E-state index contributed by atoms with van der Waals surface area (Å²) in [5.41, 5.74) is 1.44. The van der Waals surface area contributed by atoms with E-state index in [1.807, 2.05) is 0 Å². The summed E-state index contributed by atoms with van der Waals surface area (Å²) < 4.78 is 26.4. The van der Waals surface area contributed by atoms with Crippen LogP contribution in [-0.4, -0.2) is 33.2 Å². The largest absolute Gasteiger partial charge is 0.342 e. The molecule has 0 atom stereocenters. The average molecular weight is 327 g/mol. The highest BCUT2D eigenvalue weighted by Crippen LogP contribution is 2.23. The first-order valence-corrected chi connectivity index (χ1v) is 7.33. The predicted octanol–water partition coefficient (Wildman–Crippen LogP) is 2.68. The van der Waals surface area contributed by atoms with Gasteiger partial charge in [-0.15, -0.1) is 0 Å². The molecule has 1 N–H and O–H groups in total. The molecule has 0 saturated heterocycles. The number of hydrogen-bond donors (Lipinski definition) is 1. The Bertz CT molecular complexity index is 923. The van der Waals surface area contributed by atoms with Crippen LogP contribution in [0.1, 0.15) is 26.5 Å². The van der Waals surface area contributed by atoms with Crippen molar-refractivity contribution in [2.24, 2.45) is 0 Å². The van der Waals surface area contributed by atoms with Gasteiger partial charge in [-0.2, -0.15) is 0 Å². The second kappa shape index (κ2) is 5.23. The number of imide groups is 1. The van der Waals surface area contributed by atoms with Crippen LogP contribution in [0.4, 0.5) is 8.78 Å². The average Bonchev–Trinajstić information content (AvgIpc) is 3.06. The summed E-state index contributed by atoms with van der Waals surface area (Å²) in [6, 6.07) is 8.67. The zero-order valence-electron chi connectivity index (χ0n) is 12.3. The molecule has 1 aliphatic heterocycles. The molecular formula is C17H11F2N3O2. The number of fused-ring (bicyclic) bond motifs is 2. The van der Waals surface area contributed by atoms with Gasteiger partial charge in [-0.3, -0.25) is 14.5 Å². The number of nitrogens with zero attached hydrogens (tertiary/aromatic N) is 2. The lowest BCUT2D eigenvalue weighted by Crippen LogP contribution is -2.31. The van der Waals surface area contributed by atoms with Crippen molar-refractivity contribution in [2.75, 3.05) is 6.54 Å². The molecule has 0 radical (unpaired) electrons. The molecule has 120 valence electrons. The number of carbonyl (C=O) groups is 2. The lowest BCUT2D eigenvalue weighted by Gasteiger charge is -2.12. The van der Waals surface area contributed by atoms with Gasteiger partial charge in [0.2, 0.25) is 0 Å². The standard InChI is InChI=1S/C17H11F2N3O2/c18-11-7-13-14(8-12(11)19)21-15(20-13)5-6-22-16(23)9-3-1-2-4-10(9)17(22)24/h1-4,7-8H,5-6H2,(H,20,21). The first-order valence-electron chi connectivity index (χ1n) is 7.33. The van der Waals surface area contributed by atoms with Crippen molar-refractivity contribution in [3.63, 3.8) is 0 Å². The van der Waals surface area contributed by atoms with Gasteiger partial charge in [-0.05, 0) is 12.1 Å². The van der Waals surface area contributed by atoms with Crippen LogP contribution in [0.2, 0.25) is 0 Å². The number of amides is 2. The van der Waals surface area contributed by atoms with E-state index in [2.05, 4.69) is 9.97 Å². The summed E-state index contributed by atoms with van der Waals surface area (Å²) in [5.74, 6) is -2.17. The highest BCUT2D eigenvalue weighted by molar-refractivity contribution is 6.21. The fraction of sp³-hybridized carbons (Fsp3) is 0.118. The summed E-state index contributed by atoms with van der Waals surface area (Å²) in [6.07, 6.45) is 0.267. The third-order valence-electron chi connectivity index (χ3n) is 4.02. The second-order valence-electron chi connectivity index (χ2n) is 5.52. The Hall–Kier alpha value is -3.09. The molecule has 4 rings (SSSR count). The van der Waals surface area contributed by atoms with Crippen molar-refractivity contribution in [3.8, 4) is 0 Å². The Morgan fingerprint density at radius 3 is 2.29 bits per heavy atom. The maximum atomic E-state index is 13.2. The van der Waals surface area contributed by atoms with Gasteiger partial charge in [0.25, 0.3) is 11.8 Å². The Morgan fingerprint density at radius 2 is 1.62 bits per heavy atom. The number of nitrogens with one attached hydrogen (secondary N) is 1. The predicted molar refractivity (Wildman–Crippen MR) is 81.5 cm³/mol. The van der Waals surface area contributed by atoms with Gasteiger partial charge in [0.05, 0.1) is 22.2 Å². The molecule has 0 unspecified atom stereocenters.